The van der Waals surface area contributed by atoms with Gasteiger partial charge in [0, 0.05) is 63.9 Å². The van der Waals surface area contributed by atoms with Gasteiger partial charge in [-0.3, -0.25) is 19.6 Å². The molecule has 1 unspecified atom stereocenters. The molecule has 0 radical (unpaired) electrons. The zero-order valence-corrected chi connectivity index (χ0v) is 22.1. The average Bonchev–Trinajstić information content (AvgIpc) is 2.94. The third-order valence-corrected chi connectivity index (χ3v) is 8.68. The number of anilines is 1. The first-order valence-electron chi connectivity index (χ1n) is 12.6. The van der Waals surface area contributed by atoms with Crippen LogP contribution in [0.5, 0.6) is 0 Å². The lowest BCUT2D eigenvalue weighted by Gasteiger charge is -2.38. The van der Waals surface area contributed by atoms with E-state index in [9.17, 15) is 18.0 Å². The number of piperazine rings is 1. The molecule has 2 aliphatic rings. The lowest BCUT2D eigenvalue weighted by atomic mass is 10.3. The molecule has 2 aliphatic heterocycles. The summed E-state index contributed by atoms with van der Waals surface area (Å²) < 4.78 is 32.1. The minimum Gasteiger partial charge on any atom is -0.378 e. The van der Waals surface area contributed by atoms with E-state index >= 15 is 0 Å². The highest BCUT2D eigenvalue weighted by Gasteiger charge is 2.33. The van der Waals surface area contributed by atoms with Gasteiger partial charge in [-0.2, -0.15) is 0 Å². The van der Waals surface area contributed by atoms with Gasteiger partial charge in [0.2, 0.25) is 5.91 Å². The van der Waals surface area contributed by atoms with Gasteiger partial charge < -0.3 is 20.3 Å². The Morgan fingerprint density at radius 2 is 1.76 bits per heavy atom. The molecule has 0 saturated carbocycles. The van der Waals surface area contributed by atoms with Crippen molar-refractivity contribution in [2.45, 2.75) is 16.8 Å². The Bertz CT molecular complexity index is 1190. The van der Waals surface area contributed by atoms with Gasteiger partial charge >= 0.3 is 6.03 Å². The van der Waals surface area contributed by atoms with E-state index in [1.54, 1.807) is 30.6 Å². The van der Waals surface area contributed by atoms with Crippen LogP contribution in [0.3, 0.4) is 0 Å². The number of carbonyl (C=O) groups is 2. The highest BCUT2D eigenvalue weighted by molar-refractivity contribution is 7.92. The smallest absolute Gasteiger partial charge is 0.319 e. The minimum absolute atomic E-state index is 0.0779. The lowest BCUT2D eigenvalue weighted by molar-refractivity contribution is -0.136. The van der Waals surface area contributed by atoms with Crippen LogP contribution in [-0.2, 0) is 25.9 Å². The van der Waals surface area contributed by atoms with Crippen molar-refractivity contribution < 1.29 is 22.7 Å². The molecule has 0 spiro atoms. The number of sulfone groups is 1. The summed E-state index contributed by atoms with van der Waals surface area (Å²) in [7, 11) is -3.73. The fraction of sp³-hybridized carbons (Fsp3) is 0.423. The van der Waals surface area contributed by atoms with Crippen molar-refractivity contribution in [1.82, 2.24) is 25.0 Å². The summed E-state index contributed by atoms with van der Waals surface area (Å²) in [6.45, 7) is 8.96. The van der Waals surface area contributed by atoms with Gasteiger partial charge in [-0.15, -0.1) is 6.58 Å². The molecule has 2 N–H and O–H groups in total. The van der Waals surface area contributed by atoms with E-state index in [2.05, 4.69) is 27.1 Å². The second kappa shape index (κ2) is 13.0. The topological polar surface area (TPSA) is 124 Å². The second-order valence-electron chi connectivity index (χ2n) is 9.17. The Balaban J connectivity index is 1.29. The number of amides is 3. The summed E-state index contributed by atoms with van der Waals surface area (Å²) in [5.41, 5.74) is 1.34. The summed E-state index contributed by atoms with van der Waals surface area (Å²) in [4.78, 5) is 34.6. The van der Waals surface area contributed by atoms with E-state index in [1.165, 1.54) is 18.2 Å². The molecule has 0 bridgehead atoms. The van der Waals surface area contributed by atoms with Crippen LogP contribution >= 0.6 is 0 Å². The number of morpholine rings is 1. The zero-order chi connectivity index (χ0) is 27.0. The SMILES string of the molecule is C=CC(N1CCN(CC(=O)N2CCOCC2)CC1)S(=O)(=O)c1ccc(NC(=O)NCc2cccnc2)cc1. The average molecular weight is 543 g/mol. The molecule has 11 nitrogen and oxygen atoms in total. The van der Waals surface area contributed by atoms with Crippen molar-refractivity contribution in [2.75, 3.05) is 64.3 Å². The van der Waals surface area contributed by atoms with Crippen molar-refractivity contribution in [3.8, 4) is 0 Å². The standard InChI is InChI=1S/C26H34N6O5S/c1-2-25(32-12-10-30(11-13-32)20-24(33)31-14-16-37-17-15-31)38(35,36)23-7-5-22(6-8-23)29-26(34)28-19-21-4-3-9-27-18-21/h2-9,18,25H,1,10-17,19-20H2,(H2,28,29,34). The molecule has 12 heteroatoms. The maximum Gasteiger partial charge on any atom is 0.319 e. The molecule has 1 aromatic heterocycles. The van der Waals surface area contributed by atoms with Crippen molar-refractivity contribution >= 4 is 27.5 Å². The number of rotatable bonds is 9. The van der Waals surface area contributed by atoms with E-state index in [1.807, 2.05) is 15.9 Å². The van der Waals surface area contributed by atoms with E-state index < -0.39 is 21.2 Å². The van der Waals surface area contributed by atoms with E-state index in [4.69, 9.17) is 4.74 Å². The lowest BCUT2D eigenvalue weighted by Crippen LogP contribution is -2.54. The number of ether oxygens (including phenoxy) is 1. The Morgan fingerprint density at radius 3 is 2.39 bits per heavy atom. The van der Waals surface area contributed by atoms with Crippen LogP contribution in [-0.4, -0.2) is 104 Å². The fourth-order valence-electron chi connectivity index (χ4n) is 4.48. The fourth-order valence-corrected chi connectivity index (χ4v) is 6.13. The minimum atomic E-state index is -3.73. The molecule has 4 rings (SSSR count). The van der Waals surface area contributed by atoms with Crippen LogP contribution in [0.2, 0.25) is 0 Å². The van der Waals surface area contributed by atoms with E-state index in [0.29, 0.717) is 71.3 Å². The van der Waals surface area contributed by atoms with Gasteiger partial charge in [0.15, 0.2) is 9.84 Å². The highest BCUT2D eigenvalue weighted by atomic mass is 32.2. The van der Waals surface area contributed by atoms with Gasteiger partial charge in [0.05, 0.1) is 24.7 Å². The molecule has 1 atom stereocenters. The number of hydrogen-bond acceptors (Lipinski definition) is 8. The van der Waals surface area contributed by atoms with Crippen molar-refractivity contribution in [2.24, 2.45) is 0 Å². The number of pyridine rings is 1. The molecule has 0 aliphatic carbocycles. The summed E-state index contributed by atoms with van der Waals surface area (Å²) in [6.07, 6.45) is 4.77. The van der Waals surface area contributed by atoms with Gasteiger partial charge in [-0.1, -0.05) is 12.1 Å². The second-order valence-corrected chi connectivity index (χ2v) is 11.2. The van der Waals surface area contributed by atoms with Crippen molar-refractivity contribution in [3.63, 3.8) is 0 Å². The number of urea groups is 1. The molecule has 2 saturated heterocycles. The summed E-state index contributed by atoms with van der Waals surface area (Å²) >= 11 is 0. The predicted molar refractivity (Wildman–Crippen MR) is 143 cm³/mol. The molecule has 204 valence electrons. The highest BCUT2D eigenvalue weighted by Crippen LogP contribution is 2.23. The summed E-state index contributed by atoms with van der Waals surface area (Å²) in [5, 5.41) is 4.55. The quantitative estimate of drug-likeness (QED) is 0.453. The first-order chi connectivity index (χ1) is 18.4. The molecule has 3 amide bonds. The van der Waals surface area contributed by atoms with E-state index in [-0.39, 0.29) is 10.8 Å². The molecule has 3 heterocycles. The van der Waals surface area contributed by atoms with E-state index in [0.717, 1.165) is 5.56 Å². The Morgan fingerprint density at radius 1 is 1.05 bits per heavy atom. The molecule has 1 aromatic carbocycles. The van der Waals surface area contributed by atoms with Crippen molar-refractivity contribution in [1.29, 1.82) is 0 Å². The first-order valence-corrected chi connectivity index (χ1v) is 14.1. The summed E-state index contributed by atoms with van der Waals surface area (Å²) in [5.74, 6) is 0.0779. The largest absolute Gasteiger partial charge is 0.378 e. The van der Waals surface area contributed by atoms with Crippen LogP contribution in [0, 0.1) is 0 Å². The number of benzene rings is 1. The Labute approximate surface area is 223 Å². The maximum absolute atomic E-state index is 13.4. The normalized spacial score (nSPS) is 17.9. The summed E-state index contributed by atoms with van der Waals surface area (Å²) in [6, 6.07) is 9.34. The third kappa shape index (κ3) is 7.16. The van der Waals surface area contributed by atoms with Gasteiger partial charge in [0.25, 0.3) is 0 Å². The van der Waals surface area contributed by atoms with Gasteiger partial charge in [-0.25, -0.2) is 13.2 Å². The van der Waals surface area contributed by atoms with Crippen LogP contribution in [0.1, 0.15) is 5.56 Å². The van der Waals surface area contributed by atoms with Crippen LogP contribution in [0.15, 0.2) is 66.3 Å². The maximum atomic E-state index is 13.4. The van der Waals surface area contributed by atoms with Crippen LogP contribution in [0.4, 0.5) is 10.5 Å². The van der Waals surface area contributed by atoms with Crippen LogP contribution in [0.25, 0.3) is 0 Å². The molecule has 2 fully saturated rings. The zero-order valence-electron chi connectivity index (χ0n) is 21.3. The predicted octanol–water partition coefficient (Wildman–Crippen LogP) is 1.17. The van der Waals surface area contributed by atoms with Crippen molar-refractivity contribution in [3.05, 3.63) is 67.0 Å². The number of aromatic nitrogens is 1. The van der Waals surface area contributed by atoms with Crippen LogP contribution < -0.4 is 10.6 Å². The number of nitrogens with one attached hydrogen (secondary N) is 2. The molecular weight excluding hydrogens is 508 g/mol. The van der Waals surface area contributed by atoms with Gasteiger partial charge in [-0.05, 0) is 35.9 Å². The molecular formula is C26H34N6O5S. The third-order valence-electron chi connectivity index (χ3n) is 6.63. The Kier molecular flexibility index (Phi) is 9.45. The van der Waals surface area contributed by atoms with Gasteiger partial charge in [0.1, 0.15) is 5.37 Å². The number of hydrogen-bond donors (Lipinski definition) is 2. The molecule has 2 aromatic rings. The monoisotopic (exact) mass is 542 g/mol. The number of carbonyl (C=O) groups excluding carboxylic acids is 2. The molecule has 38 heavy (non-hydrogen) atoms. The Hall–Kier alpha value is -3.32. The number of nitrogens with zero attached hydrogens (tertiary/aromatic N) is 4. The first kappa shape index (κ1) is 27.7.